The fourth-order valence-corrected chi connectivity index (χ4v) is 8.38. The maximum absolute atomic E-state index is 12.9. The molecule has 356 valence electrons. The molecule has 0 aromatic carbocycles. The summed E-state index contributed by atoms with van der Waals surface area (Å²) >= 11 is 0. The lowest BCUT2D eigenvalue weighted by atomic mass is 9.98. The summed E-state index contributed by atoms with van der Waals surface area (Å²) in [5, 5.41) is 65.1. The van der Waals surface area contributed by atoms with Crippen LogP contribution >= 0.6 is 0 Å². The number of carbonyl (C=O) groups is 1. The summed E-state index contributed by atoms with van der Waals surface area (Å²) in [5.74, 6) is -0.433. The van der Waals surface area contributed by atoms with E-state index in [-0.39, 0.29) is 6.61 Å². The molecule has 0 aliphatic carbocycles. The third-order valence-corrected chi connectivity index (χ3v) is 12.5. The van der Waals surface area contributed by atoms with Crippen molar-refractivity contribution in [3.05, 3.63) is 12.2 Å². The molecule has 1 aliphatic heterocycles. The Morgan fingerprint density at radius 3 is 1.35 bits per heavy atom. The molecule has 0 spiro atoms. The molecule has 1 heterocycles. The largest absolute Gasteiger partial charge is 0.394 e. The number of carbonyl (C=O) groups excluding carboxylic acids is 1. The quantitative estimate of drug-likeness (QED) is 0.0233. The Morgan fingerprint density at radius 1 is 0.567 bits per heavy atom. The number of rotatable bonds is 43. The second kappa shape index (κ2) is 40.7. The summed E-state index contributed by atoms with van der Waals surface area (Å²) in [6, 6.07) is -1.04. The smallest absolute Gasteiger partial charge is 0.244 e. The number of aliphatic hydroxyl groups is 6. The molecule has 0 radical (unpaired) electrons. The van der Waals surface area contributed by atoms with Crippen molar-refractivity contribution in [2.24, 2.45) is 0 Å². The van der Waals surface area contributed by atoms with Crippen molar-refractivity contribution < 1.29 is 44.9 Å². The van der Waals surface area contributed by atoms with Crippen molar-refractivity contribution in [2.45, 2.75) is 288 Å². The van der Waals surface area contributed by atoms with Crippen LogP contribution in [0.5, 0.6) is 0 Å². The maximum Gasteiger partial charge on any atom is 0.244 e. The summed E-state index contributed by atoms with van der Waals surface area (Å²) in [6.45, 7) is 3.58. The van der Waals surface area contributed by atoms with Crippen LogP contribution in [0.1, 0.15) is 239 Å². The standard InChI is InChI=1S/C50H97NO9/c1-3-5-7-9-11-13-15-17-18-19-20-21-22-23-24-25-26-27-29-31-33-35-37-39-45(54)51-42(41-59-50-49(58)48(57)47(56)44(40-52)60-50)46(55)43(53)38-36-34-32-30-28-16-14-12-10-8-6-4-2/h37,39,42-44,46-50,52-53,55-58H,3-36,38,40-41H2,1-2H3,(H,51,54)/t42-,43+,44+,46-,47-,48-,49+,50-/m0/s1. The molecule has 0 aromatic heterocycles. The van der Waals surface area contributed by atoms with Gasteiger partial charge in [-0.3, -0.25) is 4.79 Å². The van der Waals surface area contributed by atoms with E-state index in [9.17, 15) is 35.4 Å². The van der Waals surface area contributed by atoms with Crippen LogP contribution in [-0.2, 0) is 14.3 Å². The Balaban J connectivity index is 2.31. The number of allylic oxidation sites excluding steroid dienone is 1. The molecule has 1 amide bonds. The van der Waals surface area contributed by atoms with Crippen molar-refractivity contribution in [1.82, 2.24) is 5.32 Å². The molecule has 1 fully saturated rings. The number of amides is 1. The summed E-state index contributed by atoms with van der Waals surface area (Å²) in [7, 11) is 0. The van der Waals surface area contributed by atoms with Crippen LogP contribution in [0, 0.1) is 0 Å². The third kappa shape index (κ3) is 30.1. The molecule has 10 nitrogen and oxygen atoms in total. The summed E-state index contributed by atoms with van der Waals surface area (Å²) < 4.78 is 11.1. The van der Waals surface area contributed by atoms with Crippen LogP contribution in [0.3, 0.4) is 0 Å². The van der Waals surface area contributed by atoms with E-state index >= 15 is 0 Å². The molecular weight excluding hydrogens is 759 g/mol. The van der Waals surface area contributed by atoms with Crippen LogP contribution in [0.25, 0.3) is 0 Å². The van der Waals surface area contributed by atoms with E-state index in [1.807, 2.05) is 6.08 Å². The molecule has 7 N–H and O–H groups in total. The second-order valence-corrected chi connectivity index (χ2v) is 18.1. The SMILES string of the molecule is CCCCCCCCCCCCCCCCCCCCCCCC=CC(=O)N[C@@H](CO[C@H]1O[C@H](CO)[C@H](O)[C@H](O)[C@H]1O)[C@H](O)[C@H](O)CCCCCCCCCCCCCC. The van der Waals surface area contributed by atoms with Crippen molar-refractivity contribution >= 4 is 5.91 Å². The Hall–Kier alpha value is -1.11. The molecule has 1 saturated heterocycles. The first-order chi connectivity index (χ1) is 29.3. The fourth-order valence-electron chi connectivity index (χ4n) is 8.38. The average molecular weight is 856 g/mol. The van der Waals surface area contributed by atoms with Crippen LogP contribution in [0.2, 0.25) is 0 Å². The summed E-state index contributed by atoms with van der Waals surface area (Å²) in [6.07, 6.45) is 37.0. The second-order valence-electron chi connectivity index (χ2n) is 18.1. The van der Waals surface area contributed by atoms with E-state index in [1.165, 1.54) is 179 Å². The number of aliphatic hydroxyl groups excluding tert-OH is 6. The Bertz CT molecular complexity index is 968. The lowest BCUT2D eigenvalue weighted by Crippen LogP contribution is -2.60. The number of ether oxygens (including phenoxy) is 2. The van der Waals surface area contributed by atoms with Crippen LogP contribution in [-0.4, -0.2) is 98.7 Å². The van der Waals surface area contributed by atoms with Gasteiger partial charge in [0.25, 0.3) is 0 Å². The number of hydrogen-bond donors (Lipinski definition) is 7. The topological polar surface area (TPSA) is 169 Å². The van der Waals surface area contributed by atoms with Gasteiger partial charge >= 0.3 is 0 Å². The first kappa shape index (κ1) is 56.9. The van der Waals surface area contributed by atoms with Crippen LogP contribution < -0.4 is 5.32 Å². The number of nitrogens with one attached hydrogen (secondary N) is 1. The monoisotopic (exact) mass is 856 g/mol. The predicted octanol–water partition coefficient (Wildman–Crippen LogP) is 10.3. The first-order valence-corrected chi connectivity index (χ1v) is 25.5. The minimum atomic E-state index is -1.61. The third-order valence-electron chi connectivity index (χ3n) is 12.5. The van der Waals surface area contributed by atoms with E-state index in [0.717, 1.165) is 44.9 Å². The molecule has 1 rings (SSSR count). The highest BCUT2D eigenvalue weighted by Gasteiger charge is 2.44. The van der Waals surface area contributed by atoms with Crippen LogP contribution in [0.15, 0.2) is 12.2 Å². The number of unbranched alkanes of at least 4 members (excludes halogenated alkanes) is 32. The molecule has 8 atom stereocenters. The molecule has 0 aromatic rings. The normalized spacial score (nSPS) is 21.1. The molecule has 1 aliphatic rings. The van der Waals surface area contributed by atoms with E-state index in [1.54, 1.807) is 0 Å². The minimum Gasteiger partial charge on any atom is -0.394 e. The van der Waals surface area contributed by atoms with Gasteiger partial charge in [-0.15, -0.1) is 0 Å². The summed E-state index contributed by atoms with van der Waals surface area (Å²) in [4.78, 5) is 12.9. The van der Waals surface area contributed by atoms with E-state index in [2.05, 4.69) is 19.2 Å². The van der Waals surface area contributed by atoms with Gasteiger partial charge in [0, 0.05) is 0 Å². The highest BCUT2D eigenvalue weighted by atomic mass is 16.7. The number of hydrogen-bond acceptors (Lipinski definition) is 9. The lowest BCUT2D eigenvalue weighted by Gasteiger charge is -2.40. The van der Waals surface area contributed by atoms with Gasteiger partial charge in [-0.25, -0.2) is 0 Å². The van der Waals surface area contributed by atoms with Gasteiger partial charge in [-0.1, -0.05) is 225 Å². The zero-order valence-electron chi connectivity index (χ0n) is 38.8. The summed E-state index contributed by atoms with van der Waals surface area (Å²) in [5.41, 5.74) is 0. The molecule has 0 saturated carbocycles. The van der Waals surface area contributed by atoms with Gasteiger partial charge in [0.15, 0.2) is 6.29 Å². The van der Waals surface area contributed by atoms with Gasteiger partial charge in [0.05, 0.1) is 25.4 Å². The Morgan fingerprint density at radius 2 is 0.950 bits per heavy atom. The average Bonchev–Trinajstić information content (AvgIpc) is 3.25. The molecular formula is C50H97NO9. The lowest BCUT2D eigenvalue weighted by molar-refractivity contribution is -0.303. The zero-order valence-corrected chi connectivity index (χ0v) is 38.8. The van der Waals surface area contributed by atoms with Gasteiger partial charge in [0.2, 0.25) is 5.91 Å². The Labute approximate surface area is 368 Å². The van der Waals surface area contributed by atoms with Gasteiger partial charge in [0.1, 0.15) is 30.5 Å². The molecule has 0 bridgehead atoms. The van der Waals surface area contributed by atoms with E-state index < -0.39 is 61.5 Å². The van der Waals surface area contributed by atoms with Gasteiger partial charge < -0.3 is 45.4 Å². The molecule has 10 heteroatoms. The highest BCUT2D eigenvalue weighted by Crippen LogP contribution is 2.23. The minimum absolute atomic E-state index is 0.335. The van der Waals surface area contributed by atoms with Crippen LogP contribution in [0.4, 0.5) is 0 Å². The van der Waals surface area contributed by atoms with Crippen molar-refractivity contribution in [1.29, 1.82) is 0 Å². The Kier molecular flexibility index (Phi) is 38.6. The van der Waals surface area contributed by atoms with Gasteiger partial charge in [-0.05, 0) is 25.3 Å². The fraction of sp³-hybridized carbons (Fsp3) is 0.940. The maximum atomic E-state index is 12.9. The van der Waals surface area contributed by atoms with Gasteiger partial charge in [-0.2, -0.15) is 0 Å². The highest BCUT2D eigenvalue weighted by molar-refractivity contribution is 5.87. The van der Waals surface area contributed by atoms with E-state index in [0.29, 0.717) is 6.42 Å². The van der Waals surface area contributed by atoms with E-state index in [4.69, 9.17) is 9.47 Å². The van der Waals surface area contributed by atoms with Crippen molar-refractivity contribution in [2.75, 3.05) is 13.2 Å². The zero-order chi connectivity index (χ0) is 43.9. The van der Waals surface area contributed by atoms with Crippen molar-refractivity contribution in [3.63, 3.8) is 0 Å². The van der Waals surface area contributed by atoms with Crippen molar-refractivity contribution in [3.8, 4) is 0 Å². The first-order valence-electron chi connectivity index (χ1n) is 25.5. The predicted molar refractivity (Wildman–Crippen MR) is 246 cm³/mol. The molecule has 60 heavy (non-hydrogen) atoms. The molecule has 0 unspecified atom stereocenters.